The van der Waals surface area contributed by atoms with Crippen LogP contribution in [0.25, 0.3) is 0 Å². The van der Waals surface area contributed by atoms with Crippen LogP contribution in [0.2, 0.25) is 0 Å². The van der Waals surface area contributed by atoms with E-state index in [2.05, 4.69) is 55.4 Å². The quantitative estimate of drug-likeness (QED) is 0.277. The van der Waals surface area contributed by atoms with Gasteiger partial charge >= 0.3 is 0 Å². The van der Waals surface area contributed by atoms with Gasteiger partial charge in [0, 0.05) is 18.5 Å². The predicted molar refractivity (Wildman–Crippen MR) is 112 cm³/mol. The molecular weight excluding hydrogens is 418 g/mol. The van der Waals surface area contributed by atoms with Gasteiger partial charge in [-0.15, -0.1) is 24.0 Å². The van der Waals surface area contributed by atoms with Gasteiger partial charge in [0.05, 0.1) is 6.54 Å². The maximum Gasteiger partial charge on any atom is 0.191 e. The Bertz CT molecular complexity index is 504. The molecule has 0 fully saturated rings. The molecule has 0 radical (unpaired) electrons. The monoisotopic (exact) mass is 450 g/mol. The average molecular weight is 450 g/mol. The average Bonchev–Trinajstić information content (AvgIpc) is 2.49. The summed E-state index contributed by atoms with van der Waals surface area (Å²) in [6.07, 6.45) is 1.06. The van der Waals surface area contributed by atoms with E-state index in [-0.39, 0.29) is 35.2 Å². The third kappa shape index (κ3) is 8.82. The molecule has 1 aromatic rings. The van der Waals surface area contributed by atoms with E-state index in [1.54, 1.807) is 12.1 Å². The van der Waals surface area contributed by atoms with E-state index in [0.29, 0.717) is 6.54 Å². The summed E-state index contributed by atoms with van der Waals surface area (Å²) in [6.45, 7) is 9.56. The molecule has 0 aliphatic heterocycles. The fraction of sp³-hybridized carbons (Fsp3) is 0.611. The highest BCUT2D eigenvalue weighted by atomic mass is 127. The number of aliphatic imine (C=N–C) groups is 1. The van der Waals surface area contributed by atoms with Crippen molar-refractivity contribution in [3.63, 3.8) is 0 Å². The van der Waals surface area contributed by atoms with Gasteiger partial charge in [-0.3, -0.25) is 4.99 Å². The first-order valence-corrected chi connectivity index (χ1v) is 8.28. The lowest BCUT2D eigenvalue weighted by atomic mass is 9.85. The molecule has 0 saturated carbocycles. The minimum absolute atomic E-state index is 0. The van der Waals surface area contributed by atoms with Crippen LogP contribution < -0.4 is 10.6 Å². The second-order valence-corrected chi connectivity index (χ2v) is 6.67. The molecule has 0 amide bonds. The summed E-state index contributed by atoms with van der Waals surface area (Å²) in [5.74, 6) is 0.615. The van der Waals surface area contributed by atoms with E-state index < -0.39 is 0 Å². The summed E-state index contributed by atoms with van der Waals surface area (Å²) < 4.78 is 13.4. The smallest absolute Gasteiger partial charge is 0.191 e. The summed E-state index contributed by atoms with van der Waals surface area (Å²) in [4.78, 5) is 6.83. The number of hydrogen-bond donors (Lipinski definition) is 2. The van der Waals surface area contributed by atoms with Gasteiger partial charge in [-0.05, 0) is 51.7 Å². The molecule has 0 atom stereocenters. The highest BCUT2D eigenvalue weighted by Gasteiger charge is 2.20. The van der Waals surface area contributed by atoms with Gasteiger partial charge < -0.3 is 15.5 Å². The van der Waals surface area contributed by atoms with Gasteiger partial charge in [0.15, 0.2) is 5.96 Å². The zero-order valence-corrected chi connectivity index (χ0v) is 17.9. The Labute approximate surface area is 163 Å². The minimum Gasteiger partial charge on any atom is -0.357 e. The largest absolute Gasteiger partial charge is 0.357 e. The maximum atomic E-state index is 13.4. The van der Waals surface area contributed by atoms with Crippen LogP contribution in [0.5, 0.6) is 0 Å². The van der Waals surface area contributed by atoms with Crippen molar-refractivity contribution in [3.8, 4) is 0 Å². The zero-order valence-electron chi connectivity index (χ0n) is 15.5. The van der Waals surface area contributed by atoms with E-state index in [0.717, 1.165) is 37.6 Å². The number of rotatable bonds is 8. The standard InChI is InChI=1S/C18H31FN4.HI/c1-6-20-17(21-11-8-12-23(4)5)22-14-18(2,3)15-9-7-10-16(19)13-15;/h7,9-10,13H,6,8,11-12,14H2,1-5H3,(H2,20,21,22);1H. The van der Waals surface area contributed by atoms with E-state index in [4.69, 9.17) is 0 Å². The van der Waals surface area contributed by atoms with Crippen LogP contribution in [0.4, 0.5) is 4.39 Å². The highest BCUT2D eigenvalue weighted by molar-refractivity contribution is 14.0. The Hall–Kier alpha value is -0.890. The molecule has 0 aliphatic carbocycles. The zero-order chi connectivity index (χ0) is 17.3. The van der Waals surface area contributed by atoms with Crippen LogP contribution in [0, 0.1) is 5.82 Å². The lowest BCUT2D eigenvalue weighted by Crippen LogP contribution is -2.39. The van der Waals surface area contributed by atoms with Gasteiger partial charge in [0.1, 0.15) is 5.82 Å². The normalized spacial score (nSPS) is 12.0. The van der Waals surface area contributed by atoms with Crippen LogP contribution in [-0.4, -0.2) is 51.1 Å². The fourth-order valence-electron chi connectivity index (χ4n) is 2.22. The van der Waals surface area contributed by atoms with Gasteiger partial charge in [0.25, 0.3) is 0 Å². The Morgan fingerprint density at radius 1 is 1.25 bits per heavy atom. The summed E-state index contributed by atoms with van der Waals surface area (Å²) in [6, 6.07) is 6.77. The molecule has 0 heterocycles. The van der Waals surface area contributed by atoms with Crippen LogP contribution in [0.3, 0.4) is 0 Å². The number of halogens is 2. The van der Waals surface area contributed by atoms with Crippen LogP contribution in [0.1, 0.15) is 32.8 Å². The van der Waals surface area contributed by atoms with Crippen LogP contribution >= 0.6 is 24.0 Å². The van der Waals surface area contributed by atoms with E-state index >= 15 is 0 Å². The van der Waals surface area contributed by atoms with Gasteiger partial charge in [-0.25, -0.2) is 4.39 Å². The first-order chi connectivity index (χ1) is 10.8. The van der Waals surface area contributed by atoms with Crippen molar-refractivity contribution in [1.29, 1.82) is 0 Å². The van der Waals surface area contributed by atoms with Gasteiger partial charge in [0.2, 0.25) is 0 Å². The van der Waals surface area contributed by atoms with Crippen molar-refractivity contribution in [3.05, 3.63) is 35.6 Å². The van der Waals surface area contributed by atoms with Crippen molar-refractivity contribution in [2.24, 2.45) is 4.99 Å². The second-order valence-electron chi connectivity index (χ2n) is 6.67. The van der Waals surface area contributed by atoms with E-state index in [1.165, 1.54) is 6.07 Å². The molecule has 6 heteroatoms. The number of benzene rings is 1. The number of hydrogen-bond acceptors (Lipinski definition) is 2. The van der Waals surface area contributed by atoms with Crippen LogP contribution in [0.15, 0.2) is 29.3 Å². The number of guanidine groups is 1. The van der Waals surface area contributed by atoms with Crippen LogP contribution in [-0.2, 0) is 5.41 Å². The van der Waals surface area contributed by atoms with E-state index in [9.17, 15) is 4.39 Å². The van der Waals surface area contributed by atoms with Crippen molar-refractivity contribution in [2.75, 3.05) is 40.3 Å². The Morgan fingerprint density at radius 2 is 1.96 bits per heavy atom. The number of nitrogens with one attached hydrogen (secondary N) is 2. The second kappa shape index (κ2) is 11.6. The van der Waals surface area contributed by atoms with Crippen molar-refractivity contribution in [1.82, 2.24) is 15.5 Å². The molecular formula is C18H32FIN4. The Kier molecular flexibility index (Phi) is 11.2. The SMILES string of the molecule is CCNC(=NCC(C)(C)c1cccc(F)c1)NCCCN(C)C.I. The summed E-state index contributed by atoms with van der Waals surface area (Å²) in [5.41, 5.74) is 0.748. The lowest BCUT2D eigenvalue weighted by molar-refractivity contribution is 0.399. The molecule has 0 saturated heterocycles. The molecule has 1 rings (SSSR count). The molecule has 0 spiro atoms. The Balaban J connectivity index is 0.00000529. The van der Waals surface area contributed by atoms with Crippen molar-refractivity contribution < 1.29 is 4.39 Å². The molecule has 1 aromatic carbocycles. The topological polar surface area (TPSA) is 39.7 Å². The first-order valence-electron chi connectivity index (χ1n) is 8.28. The van der Waals surface area contributed by atoms with Crippen molar-refractivity contribution >= 4 is 29.9 Å². The maximum absolute atomic E-state index is 13.4. The number of nitrogens with zero attached hydrogens (tertiary/aromatic N) is 2. The molecule has 24 heavy (non-hydrogen) atoms. The molecule has 4 nitrogen and oxygen atoms in total. The molecule has 0 bridgehead atoms. The molecule has 0 aliphatic rings. The Morgan fingerprint density at radius 3 is 2.54 bits per heavy atom. The van der Waals surface area contributed by atoms with Crippen molar-refractivity contribution in [2.45, 2.75) is 32.6 Å². The molecule has 2 N–H and O–H groups in total. The summed E-state index contributed by atoms with van der Waals surface area (Å²) in [7, 11) is 4.14. The van der Waals surface area contributed by atoms with Gasteiger partial charge in [-0.1, -0.05) is 26.0 Å². The summed E-state index contributed by atoms with van der Waals surface area (Å²) in [5, 5.41) is 6.61. The predicted octanol–water partition coefficient (Wildman–Crippen LogP) is 3.23. The summed E-state index contributed by atoms with van der Waals surface area (Å²) >= 11 is 0. The fourth-order valence-corrected chi connectivity index (χ4v) is 2.22. The molecule has 0 unspecified atom stereocenters. The first kappa shape index (κ1) is 23.1. The van der Waals surface area contributed by atoms with Gasteiger partial charge in [-0.2, -0.15) is 0 Å². The van der Waals surface area contributed by atoms with E-state index in [1.807, 2.05) is 6.07 Å². The lowest BCUT2D eigenvalue weighted by Gasteiger charge is -2.24. The highest BCUT2D eigenvalue weighted by Crippen LogP contribution is 2.24. The third-order valence-electron chi connectivity index (χ3n) is 3.66. The third-order valence-corrected chi connectivity index (χ3v) is 3.66. The molecule has 0 aromatic heterocycles. The minimum atomic E-state index is -0.214. The molecule has 138 valence electrons.